The highest BCUT2D eigenvalue weighted by molar-refractivity contribution is 5.95. The predicted molar refractivity (Wildman–Crippen MR) is 138 cm³/mol. The number of hydrogen-bond acceptors (Lipinski definition) is 6. The lowest BCUT2D eigenvalue weighted by atomic mass is 9.99. The molecule has 3 rings (SSSR count). The number of fused-ring (bicyclic) bond motifs is 1. The van der Waals surface area contributed by atoms with Crippen LogP contribution >= 0.6 is 0 Å². The number of carbonyl (C=O) groups excluding carboxylic acids is 4. The van der Waals surface area contributed by atoms with Crippen molar-refractivity contribution >= 4 is 41.1 Å². The number of aromatic nitrogens is 1. The normalized spacial score (nSPS) is 13.9. The molecule has 0 saturated carbocycles. The number of methoxy groups -OCH3 is 1. The van der Waals surface area contributed by atoms with Gasteiger partial charge in [-0.3, -0.25) is 19.2 Å². The fourth-order valence-corrected chi connectivity index (χ4v) is 4.11. The first-order valence-electron chi connectivity index (χ1n) is 11.9. The second kappa shape index (κ2) is 13.0. The highest BCUT2D eigenvalue weighted by Crippen LogP contribution is 2.19. The van der Waals surface area contributed by atoms with Crippen LogP contribution in [0.25, 0.3) is 10.9 Å². The molecule has 0 aliphatic carbocycles. The first kappa shape index (κ1) is 27.9. The molecule has 3 amide bonds. The average Bonchev–Trinajstić information content (AvgIpc) is 3.33. The van der Waals surface area contributed by atoms with Gasteiger partial charge < -0.3 is 30.8 Å². The minimum Gasteiger partial charge on any atom is -0.481 e. The van der Waals surface area contributed by atoms with E-state index in [4.69, 9.17) is 4.74 Å². The number of carbonyl (C=O) groups is 5. The molecule has 0 aliphatic rings. The zero-order valence-corrected chi connectivity index (χ0v) is 21.0. The standard InChI is InChI=1S/C27H30N4O7/c1-16(26(35)36)23(29-15-32)25(34)30-21(12-17-8-4-3-5-9-17)24(33)31-22(27(37)38-2)13-18-14-28-20-11-7-6-10-19(18)20/h3-11,14-16,21-23,28H,12-13H2,1-2H3,(H,29,32)(H,30,34)(H,31,33)(H,35,36)/t16?,21-,22-,23-/m0/s1. The summed E-state index contributed by atoms with van der Waals surface area (Å²) in [5.41, 5.74) is 2.36. The molecule has 200 valence electrons. The van der Waals surface area contributed by atoms with E-state index in [1.807, 2.05) is 24.3 Å². The molecule has 1 heterocycles. The maximum atomic E-state index is 13.4. The lowest BCUT2D eigenvalue weighted by molar-refractivity contribution is -0.146. The van der Waals surface area contributed by atoms with Crippen LogP contribution in [0.4, 0.5) is 0 Å². The molecule has 0 radical (unpaired) electrons. The van der Waals surface area contributed by atoms with Gasteiger partial charge in [0.2, 0.25) is 18.2 Å². The van der Waals surface area contributed by atoms with Gasteiger partial charge in [-0.1, -0.05) is 48.5 Å². The van der Waals surface area contributed by atoms with Crippen molar-refractivity contribution in [1.82, 2.24) is 20.9 Å². The van der Waals surface area contributed by atoms with Gasteiger partial charge in [0.05, 0.1) is 13.0 Å². The third-order valence-electron chi connectivity index (χ3n) is 6.24. The number of H-pyrrole nitrogens is 1. The van der Waals surface area contributed by atoms with E-state index in [-0.39, 0.29) is 19.3 Å². The average molecular weight is 523 g/mol. The number of nitrogens with one attached hydrogen (secondary N) is 4. The van der Waals surface area contributed by atoms with Gasteiger partial charge in [-0.25, -0.2) is 4.79 Å². The van der Waals surface area contributed by atoms with Gasteiger partial charge in [0.15, 0.2) is 0 Å². The van der Waals surface area contributed by atoms with Gasteiger partial charge in [0.1, 0.15) is 18.1 Å². The third kappa shape index (κ3) is 6.96. The van der Waals surface area contributed by atoms with Crippen LogP contribution in [0.2, 0.25) is 0 Å². The van der Waals surface area contributed by atoms with E-state index in [1.54, 1.807) is 36.5 Å². The van der Waals surface area contributed by atoms with E-state index in [1.165, 1.54) is 14.0 Å². The van der Waals surface area contributed by atoms with Crippen LogP contribution < -0.4 is 16.0 Å². The molecule has 3 aromatic rings. The van der Waals surface area contributed by atoms with Gasteiger partial charge in [0, 0.05) is 29.9 Å². The molecule has 0 fully saturated rings. The summed E-state index contributed by atoms with van der Waals surface area (Å²) >= 11 is 0. The summed E-state index contributed by atoms with van der Waals surface area (Å²) < 4.78 is 4.92. The fraction of sp³-hybridized carbons (Fsp3) is 0.296. The molecule has 0 spiro atoms. The van der Waals surface area contributed by atoms with Gasteiger partial charge >= 0.3 is 11.9 Å². The monoisotopic (exact) mass is 522 g/mol. The van der Waals surface area contributed by atoms with E-state index >= 15 is 0 Å². The fourth-order valence-electron chi connectivity index (χ4n) is 4.11. The van der Waals surface area contributed by atoms with Crippen LogP contribution in [0.1, 0.15) is 18.1 Å². The SMILES string of the molecule is COC(=O)[C@H](Cc1c[nH]c2ccccc12)NC(=O)[C@H](Cc1ccccc1)NC(=O)[C@@H](NC=O)C(C)C(=O)O. The molecule has 2 aromatic carbocycles. The Bertz CT molecular complexity index is 1290. The maximum Gasteiger partial charge on any atom is 0.328 e. The molecular formula is C27H30N4O7. The van der Waals surface area contributed by atoms with Crippen molar-refractivity contribution in [3.05, 3.63) is 71.9 Å². The highest BCUT2D eigenvalue weighted by atomic mass is 16.5. The Balaban J connectivity index is 1.85. The van der Waals surface area contributed by atoms with Crippen LogP contribution in [-0.4, -0.2) is 65.5 Å². The minimum atomic E-state index is -1.42. The molecular weight excluding hydrogens is 492 g/mol. The number of para-hydroxylation sites is 1. The molecule has 11 nitrogen and oxygen atoms in total. The van der Waals surface area contributed by atoms with Crippen LogP contribution in [0.3, 0.4) is 0 Å². The third-order valence-corrected chi connectivity index (χ3v) is 6.24. The Morgan fingerprint density at radius 3 is 2.26 bits per heavy atom. The van der Waals surface area contributed by atoms with Crippen molar-refractivity contribution in [2.75, 3.05) is 7.11 Å². The molecule has 0 saturated heterocycles. The largest absolute Gasteiger partial charge is 0.481 e. The van der Waals surface area contributed by atoms with Crippen molar-refractivity contribution < 1.29 is 33.8 Å². The topological polar surface area (TPSA) is 167 Å². The van der Waals surface area contributed by atoms with Crippen molar-refractivity contribution in [1.29, 1.82) is 0 Å². The molecule has 0 bridgehead atoms. The number of benzene rings is 2. The van der Waals surface area contributed by atoms with Gasteiger partial charge in [-0.05, 0) is 24.1 Å². The van der Waals surface area contributed by atoms with Crippen LogP contribution in [0, 0.1) is 5.92 Å². The number of amides is 3. The summed E-state index contributed by atoms with van der Waals surface area (Å²) in [6.07, 6.45) is 2.15. The molecule has 1 aromatic heterocycles. The van der Waals surface area contributed by atoms with E-state index < -0.39 is 47.8 Å². The zero-order chi connectivity index (χ0) is 27.7. The quantitative estimate of drug-likeness (QED) is 0.164. The highest BCUT2D eigenvalue weighted by Gasteiger charge is 2.34. The summed E-state index contributed by atoms with van der Waals surface area (Å²) in [4.78, 5) is 64.7. The number of carboxylic acids is 1. The Morgan fingerprint density at radius 1 is 0.947 bits per heavy atom. The van der Waals surface area contributed by atoms with Crippen LogP contribution in [-0.2, 0) is 41.6 Å². The molecule has 5 N–H and O–H groups in total. The van der Waals surface area contributed by atoms with Crippen molar-refractivity contribution in [2.24, 2.45) is 5.92 Å². The number of esters is 1. The smallest absolute Gasteiger partial charge is 0.328 e. The second-order valence-corrected chi connectivity index (χ2v) is 8.79. The maximum absolute atomic E-state index is 13.4. The van der Waals surface area contributed by atoms with Gasteiger partial charge in [0.25, 0.3) is 0 Å². The second-order valence-electron chi connectivity index (χ2n) is 8.79. The first-order valence-corrected chi connectivity index (χ1v) is 11.9. The predicted octanol–water partition coefficient (Wildman–Crippen LogP) is 0.931. The van der Waals surface area contributed by atoms with Gasteiger partial charge in [-0.2, -0.15) is 0 Å². The first-order chi connectivity index (χ1) is 18.2. The van der Waals surface area contributed by atoms with E-state index in [0.717, 1.165) is 16.5 Å². The summed E-state index contributed by atoms with van der Waals surface area (Å²) in [5.74, 6) is -4.76. The van der Waals surface area contributed by atoms with Gasteiger partial charge in [-0.15, -0.1) is 0 Å². The lowest BCUT2D eigenvalue weighted by Gasteiger charge is -2.25. The summed E-state index contributed by atoms with van der Waals surface area (Å²) in [6.45, 7) is 1.27. The number of hydrogen-bond donors (Lipinski definition) is 5. The van der Waals surface area contributed by atoms with E-state index in [2.05, 4.69) is 20.9 Å². The molecule has 11 heteroatoms. The Morgan fingerprint density at radius 2 is 1.61 bits per heavy atom. The van der Waals surface area contributed by atoms with E-state index in [9.17, 15) is 29.1 Å². The molecule has 4 atom stereocenters. The molecule has 0 aliphatic heterocycles. The van der Waals surface area contributed by atoms with Crippen LogP contribution in [0.15, 0.2) is 60.8 Å². The number of aliphatic carboxylic acids is 1. The van der Waals surface area contributed by atoms with Crippen molar-refractivity contribution in [3.63, 3.8) is 0 Å². The Kier molecular flexibility index (Phi) is 9.58. The number of carboxylic acid groups (broad SMARTS) is 1. The molecule has 38 heavy (non-hydrogen) atoms. The molecule has 1 unspecified atom stereocenters. The van der Waals surface area contributed by atoms with E-state index in [0.29, 0.717) is 5.56 Å². The number of rotatable bonds is 13. The van der Waals surface area contributed by atoms with Crippen LogP contribution in [0.5, 0.6) is 0 Å². The number of ether oxygens (including phenoxy) is 1. The minimum absolute atomic E-state index is 0.0503. The summed E-state index contributed by atoms with van der Waals surface area (Å²) in [5, 5.41) is 17.6. The lowest BCUT2D eigenvalue weighted by Crippen LogP contribution is -2.58. The summed E-state index contributed by atoms with van der Waals surface area (Å²) in [7, 11) is 1.21. The van der Waals surface area contributed by atoms with Crippen molar-refractivity contribution in [2.45, 2.75) is 37.9 Å². The Hall–Kier alpha value is -4.67. The van der Waals surface area contributed by atoms with Crippen molar-refractivity contribution in [3.8, 4) is 0 Å². The summed E-state index contributed by atoms with van der Waals surface area (Å²) in [6, 6.07) is 12.7. The number of aromatic amines is 1. The Labute approximate surface area is 218 Å². The zero-order valence-electron chi connectivity index (χ0n) is 21.0.